The molecule has 7 nitrogen and oxygen atoms in total. The van der Waals surface area contributed by atoms with E-state index in [-0.39, 0.29) is 25.1 Å². The van der Waals surface area contributed by atoms with E-state index in [4.69, 9.17) is 4.74 Å². The molecule has 0 atom stereocenters. The molecule has 2 aromatic carbocycles. The highest BCUT2D eigenvalue weighted by Crippen LogP contribution is 2.19. The number of hydrogen-bond acceptors (Lipinski definition) is 5. The molecule has 28 heavy (non-hydrogen) atoms. The van der Waals surface area contributed by atoms with Crippen LogP contribution in [0.25, 0.3) is 10.9 Å². The topological polar surface area (TPSA) is 90.3 Å². The minimum atomic E-state index is -0.567. The van der Waals surface area contributed by atoms with E-state index in [1.807, 2.05) is 19.1 Å². The molecule has 0 spiro atoms. The third kappa shape index (κ3) is 4.83. The van der Waals surface area contributed by atoms with Crippen LogP contribution in [0.2, 0.25) is 0 Å². The number of ether oxygens (including phenoxy) is 1. The molecule has 1 N–H and O–H groups in total. The van der Waals surface area contributed by atoms with Crippen LogP contribution in [-0.2, 0) is 20.9 Å². The molecule has 0 aliphatic rings. The minimum Gasteiger partial charge on any atom is -0.456 e. The summed E-state index contributed by atoms with van der Waals surface area (Å²) in [5.74, 6) is -0.994. The number of amides is 1. The molecule has 0 unspecified atom stereocenters. The fraction of sp³-hybridized carbons (Fsp3) is 0.200. The molecule has 1 aromatic heterocycles. The smallest absolute Gasteiger partial charge is 0.308 e. The van der Waals surface area contributed by atoms with Crippen molar-refractivity contribution < 1.29 is 14.3 Å². The molecule has 0 saturated carbocycles. The first-order valence-corrected chi connectivity index (χ1v) is 9.39. The Bertz CT molecular complexity index is 1090. The molecule has 0 fully saturated rings. The van der Waals surface area contributed by atoms with Crippen molar-refractivity contribution in [2.24, 2.45) is 0 Å². The first-order valence-electron chi connectivity index (χ1n) is 8.60. The van der Waals surface area contributed by atoms with Gasteiger partial charge < -0.3 is 10.1 Å². The van der Waals surface area contributed by atoms with Crippen LogP contribution in [0.3, 0.4) is 0 Å². The zero-order valence-corrected chi connectivity index (χ0v) is 16.7. The molecule has 144 valence electrons. The van der Waals surface area contributed by atoms with E-state index in [1.54, 1.807) is 30.3 Å². The second-order valence-corrected chi connectivity index (χ2v) is 7.09. The average Bonchev–Trinajstić information content (AvgIpc) is 2.68. The molecular weight excluding hydrogens is 426 g/mol. The van der Waals surface area contributed by atoms with E-state index in [0.29, 0.717) is 16.6 Å². The normalized spacial score (nSPS) is 10.6. The van der Waals surface area contributed by atoms with Crippen LogP contribution in [0.4, 0.5) is 5.69 Å². The molecule has 0 saturated heterocycles. The number of anilines is 1. The van der Waals surface area contributed by atoms with E-state index >= 15 is 0 Å². The van der Waals surface area contributed by atoms with Gasteiger partial charge in [-0.1, -0.05) is 28.1 Å². The van der Waals surface area contributed by atoms with Gasteiger partial charge in [-0.15, -0.1) is 0 Å². The number of aryl methyl sites for hydroxylation is 2. The van der Waals surface area contributed by atoms with Gasteiger partial charge in [0.25, 0.3) is 11.5 Å². The van der Waals surface area contributed by atoms with Gasteiger partial charge in [0.2, 0.25) is 0 Å². The number of fused-ring (bicyclic) bond motifs is 1. The van der Waals surface area contributed by atoms with Crippen LogP contribution in [0.15, 0.2) is 58.1 Å². The number of aromatic nitrogens is 2. The van der Waals surface area contributed by atoms with Gasteiger partial charge in [-0.2, -0.15) is 0 Å². The van der Waals surface area contributed by atoms with E-state index in [9.17, 15) is 14.4 Å². The number of para-hydroxylation sites is 1. The van der Waals surface area contributed by atoms with Crippen molar-refractivity contribution in [1.82, 2.24) is 9.55 Å². The lowest BCUT2D eigenvalue weighted by atomic mass is 10.2. The summed E-state index contributed by atoms with van der Waals surface area (Å²) in [5.41, 5.74) is 1.92. The van der Waals surface area contributed by atoms with E-state index < -0.39 is 11.9 Å². The van der Waals surface area contributed by atoms with Crippen LogP contribution in [0, 0.1) is 6.92 Å². The zero-order valence-electron chi connectivity index (χ0n) is 15.1. The number of benzene rings is 2. The molecule has 3 aromatic rings. The molecule has 0 radical (unpaired) electrons. The Morgan fingerprint density at radius 1 is 1.21 bits per heavy atom. The summed E-state index contributed by atoms with van der Waals surface area (Å²) in [4.78, 5) is 40.4. The highest BCUT2D eigenvalue weighted by atomic mass is 79.9. The van der Waals surface area contributed by atoms with E-state index in [1.165, 1.54) is 10.9 Å². The Morgan fingerprint density at radius 3 is 2.79 bits per heavy atom. The number of carbonyl (C=O) groups is 2. The number of hydrogen-bond donors (Lipinski definition) is 1. The van der Waals surface area contributed by atoms with Gasteiger partial charge in [0.05, 0.1) is 23.7 Å². The van der Waals surface area contributed by atoms with Crippen molar-refractivity contribution in [1.29, 1.82) is 0 Å². The lowest BCUT2D eigenvalue weighted by Crippen LogP contribution is -2.24. The first-order chi connectivity index (χ1) is 13.4. The van der Waals surface area contributed by atoms with E-state index in [0.717, 1.165) is 10.0 Å². The van der Waals surface area contributed by atoms with Crippen molar-refractivity contribution in [3.63, 3.8) is 0 Å². The Kier molecular flexibility index (Phi) is 6.20. The van der Waals surface area contributed by atoms with Crippen molar-refractivity contribution in [3.8, 4) is 0 Å². The quantitative estimate of drug-likeness (QED) is 0.591. The number of halogens is 1. The third-order valence-electron chi connectivity index (χ3n) is 4.12. The first kappa shape index (κ1) is 19.8. The highest BCUT2D eigenvalue weighted by Gasteiger charge is 2.11. The fourth-order valence-electron chi connectivity index (χ4n) is 2.65. The van der Waals surface area contributed by atoms with Crippen molar-refractivity contribution in [2.45, 2.75) is 19.9 Å². The largest absolute Gasteiger partial charge is 0.456 e. The lowest BCUT2D eigenvalue weighted by molar-refractivity contribution is -0.147. The monoisotopic (exact) mass is 443 g/mol. The summed E-state index contributed by atoms with van der Waals surface area (Å²) in [6.45, 7) is 1.60. The van der Waals surface area contributed by atoms with Crippen molar-refractivity contribution in [2.75, 3.05) is 11.9 Å². The van der Waals surface area contributed by atoms with Gasteiger partial charge in [-0.3, -0.25) is 19.0 Å². The molecule has 0 aliphatic heterocycles. The summed E-state index contributed by atoms with van der Waals surface area (Å²) in [5, 5.41) is 3.18. The Labute approximate surface area is 169 Å². The summed E-state index contributed by atoms with van der Waals surface area (Å²) < 4.78 is 7.26. The van der Waals surface area contributed by atoms with Crippen LogP contribution in [0.1, 0.15) is 12.0 Å². The second kappa shape index (κ2) is 8.79. The summed E-state index contributed by atoms with van der Waals surface area (Å²) in [6.07, 6.45) is 1.37. The van der Waals surface area contributed by atoms with Gasteiger partial charge in [0.1, 0.15) is 0 Å². The number of esters is 1. The standard InChI is InChI=1S/C20H18BrN3O4/c1-13-10-14(21)6-7-16(13)23-18(25)11-28-19(26)8-9-24-12-22-17-5-3-2-4-15(17)20(24)27/h2-7,10,12H,8-9,11H2,1H3,(H,23,25). The maximum Gasteiger partial charge on any atom is 0.308 e. The maximum absolute atomic E-state index is 12.4. The number of nitrogens with one attached hydrogen (secondary N) is 1. The van der Waals surface area contributed by atoms with Gasteiger partial charge in [-0.25, -0.2) is 4.98 Å². The Balaban J connectivity index is 1.51. The van der Waals surface area contributed by atoms with Gasteiger partial charge in [0.15, 0.2) is 6.61 Å². The van der Waals surface area contributed by atoms with Gasteiger partial charge >= 0.3 is 5.97 Å². The fourth-order valence-corrected chi connectivity index (χ4v) is 3.12. The van der Waals surface area contributed by atoms with Gasteiger partial charge in [-0.05, 0) is 42.8 Å². The maximum atomic E-state index is 12.4. The van der Waals surface area contributed by atoms with Gasteiger partial charge in [0, 0.05) is 16.7 Å². The summed E-state index contributed by atoms with van der Waals surface area (Å²) >= 11 is 3.36. The van der Waals surface area contributed by atoms with E-state index in [2.05, 4.69) is 26.2 Å². The van der Waals surface area contributed by atoms with Crippen LogP contribution in [0.5, 0.6) is 0 Å². The Hall–Kier alpha value is -3.00. The molecule has 1 amide bonds. The molecular formula is C20H18BrN3O4. The summed E-state index contributed by atoms with van der Waals surface area (Å²) in [6, 6.07) is 12.4. The van der Waals surface area contributed by atoms with Crippen molar-refractivity contribution >= 4 is 44.4 Å². The number of nitrogens with zero attached hydrogens (tertiary/aromatic N) is 2. The van der Waals surface area contributed by atoms with Crippen LogP contribution < -0.4 is 10.9 Å². The molecule has 1 heterocycles. The molecule has 0 aliphatic carbocycles. The SMILES string of the molecule is Cc1cc(Br)ccc1NC(=O)COC(=O)CCn1cnc2ccccc2c1=O. The Morgan fingerprint density at radius 2 is 2.00 bits per heavy atom. The van der Waals surface area contributed by atoms with Crippen molar-refractivity contribution in [3.05, 3.63) is 69.2 Å². The lowest BCUT2D eigenvalue weighted by Gasteiger charge is -2.10. The predicted molar refractivity (Wildman–Crippen MR) is 109 cm³/mol. The molecule has 0 bridgehead atoms. The predicted octanol–water partition coefficient (Wildman–Crippen LogP) is 3.04. The highest BCUT2D eigenvalue weighted by molar-refractivity contribution is 9.10. The third-order valence-corrected chi connectivity index (χ3v) is 4.61. The summed E-state index contributed by atoms with van der Waals surface area (Å²) in [7, 11) is 0. The molecule has 3 rings (SSSR count). The second-order valence-electron chi connectivity index (χ2n) is 6.18. The number of carbonyl (C=O) groups excluding carboxylic acids is 2. The van der Waals surface area contributed by atoms with Crippen LogP contribution >= 0.6 is 15.9 Å². The number of rotatable bonds is 6. The average molecular weight is 444 g/mol. The minimum absolute atomic E-state index is 0.0372. The zero-order chi connectivity index (χ0) is 20.1. The van der Waals surface area contributed by atoms with Crippen LogP contribution in [-0.4, -0.2) is 28.0 Å². The molecule has 8 heteroatoms.